The molecule has 1 aromatic heterocycles. The lowest BCUT2D eigenvalue weighted by molar-refractivity contribution is 0.0660. The van der Waals surface area contributed by atoms with Crippen LogP contribution < -0.4 is 5.32 Å². The molecule has 5 heteroatoms. The highest BCUT2D eigenvalue weighted by molar-refractivity contribution is 8.00. The standard InChI is InChI=1S/C12H17NO3S/c1-17-12(5-2-6-12)8-13-7-9-3-4-10(16-9)11(14)15/h3-4,13H,2,5-8H2,1H3,(H,14,15). The summed E-state index contributed by atoms with van der Waals surface area (Å²) < 4.78 is 5.57. The van der Waals surface area contributed by atoms with Crippen LogP contribution in [-0.2, 0) is 6.54 Å². The van der Waals surface area contributed by atoms with Crippen LogP contribution in [-0.4, -0.2) is 28.6 Å². The Bertz CT molecular complexity index is 393. The van der Waals surface area contributed by atoms with Gasteiger partial charge >= 0.3 is 5.97 Å². The maximum atomic E-state index is 10.6. The van der Waals surface area contributed by atoms with Crippen LogP contribution >= 0.6 is 11.8 Å². The van der Waals surface area contributed by atoms with E-state index in [1.807, 2.05) is 11.8 Å². The summed E-state index contributed by atoms with van der Waals surface area (Å²) in [6, 6.07) is 3.20. The normalized spacial score (nSPS) is 17.7. The van der Waals surface area contributed by atoms with E-state index in [0.29, 0.717) is 17.1 Å². The van der Waals surface area contributed by atoms with Crippen LogP contribution in [0.2, 0.25) is 0 Å². The summed E-state index contributed by atoms with van der Waals surface area (Å²) in [6.45, 7) is 1.55. The van der Waals surface area contributed by atoms with Gasteiger partial charge in [0.25, 0.3) is 0 Å². The van der Waals surface area contributed by atoms with Crippen molar-refractivity contribution in [3.63, 3.8) is 0 Å². The van der Waals surface area contributed by atoms with Gasteiger partial charge in [0.05, 0.1) is 6.54 Å². The van der Waals surface area contributed by atoms with E-state index in [1.165, 1.54) is 25.3 Å². The summed E-state index contributed by atoms with van der Waals surface area (Å²) in [5, 5.41) is 12.1. The molecule has 0 aliphatic heterocycles. The summed E-state index contributed by atoms with van der Waals surface area (Å²) in [5.74, 6) is -0.334. The van der Waals surface area contributed by atoms with E-state index in [0.717, 1.165) is 6.54 Å². The van der Waals surface area contributed by atoms with E-state index >= 15 is 0 Å². The number of rotatable bonds is 6. The van der Waals surface area contributed by atoms with Gasteiger partial charge in [0, 0.05) is 11.3 Å². The number of thioether (sulfide) groups is 1. The van der Waals surface area contributed by atoms with Crippen LogP contribution in [0.4, 0.5) is 0 Å². The highest BCUT2D eigenvalue weighted by Crippen LogP contribution is 2.42. The zero-order chi connectivity index (χ0) is 12.3. The van der Waals surface area contributed by atoms with E-state index in [9.17, 15) is 4.79 Å². The minimum atomic E-state index is -1.02. The first-order valence-electron chi connectivity index (χ1n) is 5.73. The van der Waals surface area contributed by atoms with Gasteiger partial charge in [0.1, 0.15) is 5.76 Å². The summed E-state index contributed by atoms with van der Waals surface area (Å²) >= 11 is 1.92. The van der Waals surface area contributed by atoms with Crippen molar-refractivity contribution in [2.24, 2.45) is 0 Å². The Morgan fingerprint density at radius 3 is 2.82 bits per heavy atom. The van der Waals surface area contributed by atoms with E-state index in [-0.39, 0.29) is 5.76 Å². The lowest BCUT2D eigenvalue weighted by Crippen LogP contribution is -2.43. The van der Waals surface area contributed by atoms with Gasteiger partial charge in [0.2, 0.25) is 5.76 Å². The first-order valence-corrected chi connectivity index (χ1v) is 6.96. The highest BCUT2D eigenvalue weighted by atomic mass is 32.2. The Balaban J connectivity index is 1.79. The molecule has 4 nitrogen and oxygen atoms in total. The van der Waals surface area contributed by atoms with Gasteiger partial charge in [-0.3, -0.25) is 0 Å². The largest absolute Gasteiger partial charge is 0.475 e. The molecule has 0 saturated heterocycles. The SMILES string of the molecule is CSC1(CNCc2ccc(C(=O)O)o2)CCC1. The molecule has 1 saturated carbocycles. The summed E-state index contributed by atoms with van der Waals surface area (Å²) in [7, 11) is 0. The van der Waals surface area contributed by atoms with Crippen molar-refractivity contribution < 1.29 is 14.3 Å². The second kappa shape index (κ2) is 5.14. The molecule has 0 spiro atoms. The molecular weight excluding hydrogens is 238 g/mol. The fourth-order valence-corrected chi connectivity index (χ4v) is 2.97. The second-order valence-corrected chi connectivity index (χ2v) is 5.69. The number of hydrogen-bond donors (Lipinski definition) is 2. The third-order valence-corrected chi connectivity index (χ3v) is 4.74. The quantitative estimate of drug-likeness (QED) is 0.817. The van der Waals surface area contributed by atoms with Gasteiger partial charge in [-0.1, -0.05) is 6.42 Å². The molecule has 1 fully saturated rings. The van der Waals surface area contributed by atoms with E-state index in [4.69, 9.17) is 9.52 Å². The first kappa shape index (κ1) is 12.5. The Morgan fingerprint density at radius 2 is 2.35 bits per heavy atom. The number of furan rings is 1. The zero-order valence-electron chi connectivity index (χ0n) is 9.86. The van der Waals surface area contributed by atoms with Gasteiger partial charge in [-0.25, -0.2) is 4.79 Å². The summed E-state index contributed by atoms with van der Waals surface area (Å²) in [6.07, 6.45) is 5.99. The van der Waals surface area contributed by atoms with Crippen molar-refractivity contribution in [1.29, 1.82) is 0 Å². The number of hydrogen-bond acceptors (Lipinski definition) is 4. The molecule has 1 aliphatic carbocycles. The van der Waals surface area contributed by atoms with Crippen molar-refractivity contribution in [2.75, 3.05) is 12.8 Å². The molecule has 2 N–H and O–H groups in total. The molecule has 0 atom stereocenters. The van der Waals surface area contributed by atoms with E-state index in [1.54, 1.807) is 6.07 Å². The number of carboxylic acids is 1. The van der Waals surface area contributed by atoms with Gasteiger partial charge < -0.3 is 14.8 Å². The number of nitrogens with one attached hydrogen (secondary N) is 1. The fraction of sp³-hybridized carbons (Fsp3) is 0.583. The monoisotopic (exact) mass is 255 g/mol. The second-order valence-electron chi connectivity index (χ2n) is 4.42. The van der Waals surface area contributed by atoms with E-state index < -0.39 is 5.97 Å². The van der Waals surface area contributed by atoms with Crippen LogP contribution in [0.15, 0.2) is 16.5 Å². The van der Waals surface area contributed by atoms with Gasteiger partial charge in [-0.05, 0) is 31.2 Å². The topological polar surface area (TPSA) is 62.5 Å². The Morgan fingerprint density at radius 1 is 1.59 bits per heavy atom. The average Bonchev–Trinajstić information content (AvgIpc) is 2.71. The number of aromatic carboxylic acids is 1. The lowest BCUT2D eigenvalue weighted by atomic mass is 9.84. The molecule has 0 amide bonds. The number of carboxylic acid groups (broad SMARTS) is 1. The maximum absolute atomic E-state index is 10.6. The Hall–Kier alpha value is -0.940. The predicted octanol–water partition coefficient (Wildman–Crippen LogP) is 2.35. The van der Waals surface area contributed by atoms with Crippen molar-refractivity contribution >= 4 is 17.7 Å². The average molecular weight is 255 g/mol. The van der Waals surface area contributed by atoms with Crippen LogP contribution in [0.25, 0.3) is 0 Å². The lowest BCUT2D eigenvalue weighted by Gasteiger charge is -2.40. The van der Waals surface area contributed by atoms with E-state index in [2.05, 4.69) is 11.6 Å². The molecule has 0 radical (unpaired) electrons. The third-order valence-electron chi connectivity index (χ3n) is 3.32. The predicted molar refractivity (Wildman–Crippen MR) is 67.5 cm³/mol. The van der Waals surface area contributed by atoms with Crippen LogP contribution in [0.3, 0.4) is 0 Å². The molecule has 17 heavy (non-hydrogen) atoms. The first-order chi connectivity index (χ1) is 8.15. The highest BCUT2D eigenvalue weighted by Gasteiger charge is 2.35. The number of carbonyl (C=O) groups is 1. The van der Waals surface area contributed by atoms with Crippen LogP contribution in [0.1, 0.15) is 35.6 Å². The molecule has 0 bridgehead atoms. The van der Waals surface area contributed by atoms with Crippen LogP contribution in [0.5, 0.6) is 0 Å². The molecule has 1 aliphatic rings. The smallest absolute Gasteiger partial charge is 0.371 e. The van der Waals surface area contributed by atoms with Gasteiger partial charge in [-0.2, -0.15) is 11.8 Å². The zero-order valence-corrected chi connectivity index (χ0v) is 10.7. The molecular formula is C12H17NO3S. The molecule has 1 aromatic rings. The molecule has 0 aromatic carbocycles. The maximum Gasteiger partial charge on any atom is 0.371 e. The minimum Gasteiger partial charge on any atom is -0.475 e. The van der Waals surface area contributed by atoms with Crippen LogP contribution in [0, 0.1) is 0 Å². The van der Waals surface area contributed by atoms with Crippen molar-refractivity contribution in [2.45, 2.75) is 30.6 Å². The van der Waals surface area contributed by atoms with Crippen molar-refractivity contribution in [3.05, 3.63) is 23.7 Å². The molecule has 2 rings (SSSR count). The van der Waals surface area contributed by atoms with Gasteiger partial charge in [0.15, 0.2) is 0 Å². The van der Waals surface area contributed by atoms with Crippen molar-refractivity contribution in [1.82, 2.24) is 5.32 Å². The molecule has 1 heterocycles. The Kier molecular flexibility index (Phi) is 3.79. The Labute approximate surface area is 105 Å². The summed E-state index contributed by atoms with van der Waals surface area (Å²) in [5.41, 5.74) is 0. The summed E-state index contributed by atoms with van der Waals surface area (Å²) in [4.78, 5) is 10.6. The fourth-order valence-electron chi connectivity index (χ4n) is 2.03. The molecule has 0 unspecified atom stereocenters. The van der Waals surface area contributed by atoms with Crippen molar-refractivity contribution in [3.8, 4) is 0 Å². The third kappa shape index (κ3) is 2.84. The minimum absolute atomic E-state index is 0.00465. The van der Waals surface area contributed by atoms with Gasteiger partial charge in [-0.15, -0.1) is 0 Å². The molecule has 94 valence electrons.